The Kier molecular flexibility index (Phi) is 2.46. The smallest absolute Gasteiger partial charge is 0.265 e. The molecule has 3 nitrogen and oxygen atoms in total. The summed E-state index contributed by atoms with van der Waals surface area (Å²) in [5.41, 5.74) is 4.20. The van der Waals surface area contributed by atoms with Gasteiger partial charge in [-0.25, -0.2) is 8.78 Å². The van der Waals surface area contributed by atoms with Gasteiger partial charge in [0, 0.05) is 11.6 Å². The van der Waals surface area contributed by atoms with Crippen LogP contribution in [0.2, 0.25) is 0 Å². The lowest BCUT2D eigenvalue weighted by Gasteiger charge is -2.03. The first-order chi connectivity index (χ1) is 5.52. The molecule has 12 heavy (non-hydrogen) atoms. The van der Waals surface area contributed by atoms with Gasteiger partial charge in [-0.15, -0.1) is 0 Å². The van der Waals surface area contributed by atoms with E-state index in [0.29, 0.717) is 0 Å². The SMILES string of the molecule is Nc1[nH]c(=O)cc(C(F)F)c1Br. The van der Waals surface area contributed by atoms with Crippen molar-refractivity contribution in [2.45, 2.75) is 6.43 Å². The number of rotatable bonds is 1. The zero-order chi connectivity index (χ0) is 9.30. The number of aromatic amines is 1. The van der Waals surface area contributed by atoms with Crippen molar-refractivity contribution in [2.24, 2.45) is 0 Å². The Morgan fingerprint density at radius 3 is 2.67 bits per heavy atom. The van der Waals surface area contributed by atoms with Crippen molar-refractivity contribution in [3.05, 3.63) is 26.5 Å². The Bertz CT molecular complexity index is 350. The molecule has 0 saturated heterocycles. The minimum Gasteiger partial charge on any atom is -0.384 e. The molecule has 1 heterocycles. The van der Waals surface area contributed by atoms with Gasteiger partial charge < -0.3 is 10.7 Å². The van der Waals surface area contributed by atoms with Gasteiger partial charge in [0.05, 0.1) is 4.47 Å². The van der Waals surface area contributed by atoms with Crippen molar-refractivity contribution in [3.8, 4) is 0 Å². The molecule has 0 bridgehead atoms. The van der Waals surface area contributed by atoms with E-state index in [2.05, 4.69) is 20.9 Å². The second-order valence-electron chi connectivity index (χ2n) is 2.12. The number of anilines is 1. The van der Waals surface area contributed by atoms with Crippen LogP contribution >= 0.6 is 15.9 Å². The van der Waals surface area contributed by atoms with Crippen molar-refractivity contribution in [3.63, 3.8) is 0 Å². The van der Waals surface area contributed by atoms with E-state index in [0.717, 1.165) is 6.07 Å². The molecule has 0 radical (unpaired) electrons. The maximum absolute atomic E-state index is 12.1. The zero-order valence-electron chi connectivity index (χ0n) is 5.77. The van der Waals surface area contributed by atoms with Crippen molar-refractivity contribution in [2.75, 3.05) is 5.73 Å². The molecule has 0 aromatic carbocycles. The van der Waals surface area contributed by atoms with Crippen LogP contribution in [-0.2, 0) is 0 Å². The maximum atomic E-state index is 12.1. The van der Waals surface area contributed by atoms with E-state index < -0.39 is 17.5 Å². The third kappa shape index (κ3) is 1.63. The largest absolute Gasteiger partial charge is 0.384 e. The van der Waals surface area contributed by atoms with Crippen LogP contribution in [0.15, 0.2) is 15.3 Å². The third-order valence-corrected chi connectivity index (χ3v) is 2.15. The summed E-state index contributed by atoms with van der Waals surface area (Å²) < 4.78 is 24.3. The molecule has 0 aliphatic rings. The minimum atomic E-state index is -2.70. The molecule has 0 atom stereocenters. The molecule has 3 N–H and O–H groups in total. The number of H-pyrrole nitrogens is 1. The zero-order valence-corrected chi connectivity index (χ0v) is 7.36. The standard InChI is InChI=1S/C6H5BrF2N2O/c7-4-2(5(8)9)1-3(12)11-6(4)10/h1,5H,(H3,10,11,12). The number of hydrogen-bond donors (Lipinski definition) is 2. The molecule has 0 saturated carbocycles. The highest BCUT2D eigenvalue weighted by Crippen LogP contribution is 2.28. The van der Waals surface area contributed by atoms with Crippen LogP contribution in [0.3, 0.4) is 0 Å². The fourth-order valence-corrected chi connectivity index (χ4v) is 1.13. The number of nitrogens with two attached hydrogens (primary N) is 1. The number of halogens is 3. The fraction of sp³-hybridized carbons (Fsp3) is 0.167. The summed E-state index contributed by atoms with van der Waals surface area (Å²) in [6.07, 6.45) is -2.70. The highest BCUT2D eigenvalue weighted by Gasteiger charge is 2.14. The molecular formula is C6H5BrF2N2O. The summed E-state index contributed by atoms with van der Waals surface area (Å²) in [5, 5.41) is 0. The maximum Gasteiger partial charge on any atom is 0.265 e. The monoisotopic (exact) mass is 238 g/mol. The number of aromatic nitrogens is 1. The Morgan fingerprint density at radius 1 is 1.58 bits per heavy atom. The van der Waals surface area contributed by atoms with Gasteiger partial charge in [-0.2, -0.15) is 0 Å². The predicted octanol–water partition coefficient (Wildman–Crippen LogP) is 1.66. The molecular weight excluding hydrogens is 234 g/mol. The van der Waals surface area contributed by atoms with Gasteiger partial charge in [0.25, 0.3) is 6.43 Å². The van der Waals surface area contributed by atoms with E-state index in [9.17, 15) is 13.6 Å². The van der Waals surface area contributed by atoms with Gasteiger partial charge in [0.1, 0.15) is 5.82 Å². The summed E-state index contributed by atoms with van der Waals surface area (Å²) in [7, 11) is 0. The number of nitrogen functional groups attached to an aromatic ring is 1. The Labute approximate surface area is 74.7 Å². The van der Waals surface area contributed by atoms with E-state index in [4.69, 9.17) is 5.73 Å². The summed E-state index contributed by atoms with van der Waals surface area (Å²) in [4.78, 5) is 12.9. The molecule has 0 spiro atoms. The summed E-state index contributed by atoms with van der Waals surface area (Å²) in [6.45, 7) is 0. The second kappa shape index (κ2) is 3.22. The average Bonchev–Trinajstić information content (AvgIpc) is 1.96. The first kappa shape index (κ1) is 9.18. The second-order valence-corrected chi connectivity index (χ2v) is 2.91. The molecule has 6 heteroatoms. The van der Waals surface area contributed by atoms with E-state index in [1.807, 2.05) is 0 Å². The van der Waals surface area contributed by atoms with Gasteiger partial charge in [-0.3, -0.25) is 4.79 Å². The molecule has 1 rings (SSSR count). The average molecular weight is 239 g/mol. The normalized spacial score (nSPS) is 10.7. The van der Waals surface area contributed by atoms with Crippen molar-refractivity contribution < 1.29 is 8.78 Å². The lowest BCUT2D eigenvalue weighted by Crippen LogP contribution is -2.10. The van der Waals surface area contributed by atoms with Crippen LogP contribution in [-0.4, -0.2) is 4.98 Å². The Balaban J connectivity index is 3.38. The van der Waals surface area contributed by atoms with Crippen LogP contribution in [0.4, 0.5) is 14.6 Å². The lowest BCUT2D eigenvalue weighted by atomic mass is 10.3. The van der Waals surface area contributed by atoms with Crippen molar-refractivity contribution >= 4 is 21.7 Å². The number of nitrogens with one attached hydrogen (secondary N) is 1. The molecule has 0 amide bonds. The number of hydrogen-bond acceptors (Lipinski definition) is 2. The van der Waals surface area contributed by atoms with E-state index in [1.54, 1.807) is 0 Å². The number of pyridine rings is 1. The highest BCUT2D eigenvalue weighted by molar-refractivity contribution is 9.10. The molecule has 66 valence electrons. The predicted molar refractivity (Wildman–Crippen MR) is 44.1 cm³/mol. The van der Waals surface area contributed by atoms with E-state index in [1.165, 1.54) is 0 Å². The first-order valence-corrected chi connectivity index (χ1v) is 3.78. The van der Waals surface area contributed by atoms with E-state index >= 15 is 0 Å². The first-order valence-electron chi connectivity index (χ1n) is 2.98. The minimum absolute atomic E-state index is 0.0390. The van der Waals surface area contributed by atoms with Gasteiger partial charge >= 0.3 is 0 Å². The fourth-order valence-electron chi connectivity index (χ4n) is 0.743. The number of alkyl halides is 2. The van der Waals surface area contributed by atoms with E-state index in [-0.39, 0.29) is 10.3 Å². The molecule has 0 aliphatic carbocycles. The topological polar surface area (TPSA) is 58.9 Å². The van der Waals surface area contributed by atoms with Gasteiger partial charge in [0.15, 0.2) is 0 Å². The molecule has 1 aromatic heterocycles. The summed E-state index contributed by atoms with van der Waals surface area (Å²) in [5.74, 6) is -0.0854. The van der Waals surface area contributed by atoms with Crippen LogP contribution in [0.5, 0.6) is 0 Å². The van der Waals surface area contributed by atoms with Crippen LogP contribution in [0.25, 0.3) is 0 Å². The quantitative estimate of drug-likeness (QED) is 0.782. The van der Waals surface area contributed by atoms with Gasteiger partial charge in [0.2, 0.25) is 5.56 Å². The third-order valence-electron chi connectivity index (χ3n) is 1.27. The Hall–Kier alpha value is -0.910. The van der Waals surface area contributed by atoms with Gasteiger partial charge in [-0.05, 0) is 15.9 Å². The van der Waals surface area contributed by atoms with Crippen molar-refractivity contribution in [1.82, 2.24) is 4.98 Å². The highest BCUT2D eigenvalue weighted by atomic mass is 79.9. The molecule has 0 aliphatic heterocycles. The summed E-state index contributed by atoms with van der Waals surface area (Å²) >= 11 is 2.84. The molecule has 1 aromatic rings. The lowest BCUT2D eigenvalue weighted by molar-refractivity contribution is 0.150. The van der Waals surface area contributed by atoms with Crippen LogP contribution in [0, 0.1) is 0 Å². The van der Waals surface area contributed by atoms with Crippen LogP contribution in [0.1, 0.15) is 12.0 Å². The molecule has 0 unspecified atom stereocenters. The summed E-state index contributed by atoms with van der Waals surface area (Å²) in [6, 6.07) is 0.811. The van der Waals surface area contributed by atoms with Gasteiger partial charge in [-0.1, -0.05) is 0 Å². The molecule has 0 fully saturated rings. The Morgan fingerprint density at radius 2 is 2.17 bits per heavy atom. The van der Waals surface area contributed by atoms with Crippen molar-refractivity contribution in [1.29, 1.82) is 0 Å². The van der Waals surface area contributed by atoms with Crippen LogP contribution < -0.4 is 11.3 Å².